The molecule has 1 aromatic heterocycles. The molecule has 0 bridgehead atoms. The standard InChI is InChI=1S/C23H25N3O3S/c1-16(21(27)25-13-5-6-14-25)30-23-24-20-8-4-3-7-19(20)22(28)26(23)15-17-9-11-18(29-2)12-10-17/h3-4,7-12,16H,5-6,13-15H2,1-2H3. The van der Waals surface area contributed by atoms with Crippen LogP contribution in [-0.2, 0) is 11.3 Å². The van der Waals surface area contributed by atoms with Crippen LogP contribution in [0.15, 0.2) is 58.5 Å². The molecule has 0 radical (unpaired) electrons. The largest absolute Gasteiger partial charge is 0.497 e. The zero-order valence-electron chi connectivity index (χ0n) is 17.2. The van der Waals surface area contributed by atoms with Gasteiger partial charge in [0, 0.05) is 13.1 Å². The van der Waals surface area contributed by atoms with Crippen molar-refractivity contribution < 1.29 is 9.53 Å². The lowest BCUT2D eigenvalue weighted by Crippen LogP contribution is -2.34. The van der Waals surface area contributed by atoms with E-state index < -0.39 is 0 Å². The van der Waals surface area contributed by atoms with Crippen molar-refractivity contribution >= 4 is 28.6 Å². The lowest BCUT2D eigenvalue weighted by Gasteiger charge is -2.21. The molecule has 1 saturated heterocycles. The van der Waals surface area contributed by atoms with Crippen molar-refractivity contribution in [1.82, 2.24) is 14.5 Å². The first kappa shape index (κ1) is 20.5. The number of fused-ring (bicyclic) bond motifs is 1. The number of carbonyl (C=O) groups is 1. The summed E-state index contributed by atoms with van der Waals surface area (Å²) in [4.78, 5) is 32.7. The van der Waals surface area contributed by atoms with Crippen LogP contribution in [-0.4, -0.2) is 45.8 Å². The molecule has 4 rings (SSSR count). The predicted octanol–water partition coefficient (Wildman–Crippen LogP) is 3.56. The number of para-hydroxylation sites is 1. The van der Waals surface area contributed by atoms with E-state index in [2.05, 4.69) is 0 Å². The highest BCUT2D eigenvalue weighted by molar-refractivity contribution is 8.00. The Bertz CT molecular complexity index is 1100. The number of hydrogen-bond donors (Lipinski definition) is 0. The smallest absolute Gasteiger partial charge is 0.262 e. The molecular weight excluding hydrogens is 398 g/mol. The normalized spacial score (nSPS) is 14.8. The Morgan fingerprint density at radius 2 is 1.83 bits per heavy atom. The SMILES string of the molecule is COc1ccc(Cn2c(SC(C)C(=O)N3CCCC3)nc3ccccc3c2=O)cc1. The molecular formula is C23H25N3O3S. The number of hydrogen-bond acceptors (Lipinski definition) is 5. The average Bonchev–Trinajstić information content (AvgIpc) is 3.31. The molecule has 156 valence electrons. The van der Waals surface area contributed by atoms with Gasteiger partial charge in [-0.15, -0.1) is 0 Å². The van der Waals surface area contributed by atoms with Crippen molar-refractivity contribution in [3.8, 4) is 5.75 Å². The van der Waals surface area contributed by atoms with E-state index in [1.165, 1.54) is 11.8 Å². The number of aromatic nitrogens is 2. The van der Waals surface area contributed by atoms with Crippen LogP contribution < -0.4 is 10.3 Å². The van der Waals surface area contributed by atoms with Crippen LogP contribution >= 0.6 is 11.8 Å². The second kappa shape index (κ2) is 8.92. The first-order chi connectivity index (χ1) is 14.6. The molecule has 1 amide bonds. The number of likely N-dealkylation sites (tertiary alicyclic amines) is 1. The molecule has 6 nitrogen and oxygen atoms in total. The summed E-state index contributed by atoms with van der Waals surface area (Å²) in [6, 6.07) is 15.0. The summed E-state index contributed by atoms with van der Waals surface area (Å²) >= 11 is 1.36. The maximum absolute atomic E-state index is 13.3. The van der Waals surface area contributed by atoms with Crippen molar-refractivity contribution in [2.24, 2.45) is 0 Å². The van der Waals surface area contributed by atoms with Gasteiger partial charge in [-0.2, -0.15) is 0 Å². The van der Waals surface area contributed by atoms with Gasteiger partial charge in [-0.05, 0) is 49.6 Å². The van der Waals surface area contributed by atoms with Crippen molar-refractivity contribution in [2.75, 3.05) is 20.2 Å². The summed E-state index contributed by atoms with van der Waals surface area (Å²) in [6.07, 6.45) is 2.11. The van der Waals surface area contributed by atoms with Gasteiger partial charge >= 0.3 is 0 Å². The molecule has 2 heterocycles. The lowest BCUT2D eigenvalue weighted by atomic mass is 10.2. The summed E-state index contributed by atoms with van der Waals surface area (Å²) in [5, 5.41) is 0.835. The van der Waals surface area contributed by atoms with Crippen LogP contribution in [0.25, 0.3) is 10.9 Å². The third-order valence-electron chi connectivity index (χ3n) is 5.37. The highest BCUT2D eigenvalue weighted by atomic mass is 32.2. The lowest BCUT2D eigenvalue weighted by molar-refractivity contribution is -0.129. The second-order valence-corrected chi connectivity index (χ2v) is 8.75. The van der Waals surface area contributed by atoms with E-state index in [4.69, 9.17) is 9.72 Å². The molecule has 0 N–H and O–H groups in total. The zero-order chi connectivity index (χ0) is 21.1. The fourth-order valence-corrected chi connectivity index (χ4v) is 4.69. The van der Waals surface area contributed by atoms with Crippen LogP contribution in [0, 0.1) is 0 Å². The van der Waals surface area contributed by atoms with E-state index in [1.807, 2.05) is 54.3 Å². The van der Waals surface area contributed by atoms with Crippen molar-refractivity contribution in [3.05, 3.63) is 64.4 Å². The number of carbonyl (C=O) groups excluding carboxylic acids is 1. The molecule has 0 saturated carbocycles. The van der Waals surface area contributed by atoms with E-state index in [9.17, 15) is 9.59 Å². The molecule has 1 aliphatic rings. The van der Waals surface area contributed by atoms with Gasteiger partial charge in [0.1, 0.15) is 5.75 Å². The fourth-order valence-electron chi connectivity index (χ4n) is 3.69. The Morgan fingerprint density at radius 1 is 1.13 bits per heavy atom. The van der Waals surface area contributed by atoms with Crippen molar-refractivity contribution in [3.63, 3.8) is 0 Å². The number of benzene rings is 2. The minimum Gasteiger partial charge on any atom is -0.497 e. The molecule has 2 aromatic carbocycles. The molecule has 1 aliphatic heterocycles. The van der Waals surface area contributed by atoms with Gasteiger partial charge < -0.3 is 9.64 Å². The Kier molecular flexibility index (Phi) is 6.08. The molecule has 1 unspecified atom stereocenters. The van der Waals surface area contributed by atoms with Crippen molar-refractivity contribution in [1.29, 1.82) is 0 Å². The van der Waals surface area contributed by atoms with E-state index in [-0.39, 0.29) is 16.7 Å². The van der Waals surface area contributed by atoms with Crippen LogP contribution in [0.2, 0.25) is 0 Å². The zero-order valence-corrected chi connectivity index (χ0v) is 18.0. The predicted molar refractivity (Wildman–Crippen MR) is 119 cm³/mol. The number of nitrogens with zero attached hydrogens (tertiary/aromatic N) is 3. The van der Waals surface area contributed by atoms with E-state index >= 15 is 0 Å². The first-order valence-electron chi connectivity index (χ1n) is 10.1. The first-order valence-corrected chi connectivity index (χ1v) is 11.0. The van der Waals surface area contributed by atoms with Crippen LogP contribution in [0.1, 0.15) is 25.3 Å². The number of rotatable bonds is 6. The summed E-state index contributed by atoms with van der Waals surface area (Å²) in [7, 11) is 1.63. The summed E-state index contributed by atoms with van der Waals surface area (Å²) in [5.41, 5.74) is 1.52. The van der Waals surface area contributed by atoms with Gasteiger partial charge in [-0.25, -0.2) is 4.98 Å². The number of ether oxygens (including phenoxy) is 1. The van der Waals surface area contributed by atoms with Gasteiger partial charge in [-0.1, -0.05) is 36.0 Å². The Morgan fingerprint density at radius 3 is 2.53 bits per heavy atom. The highest BCUT2D eigenvalue weighted by Gasteiger charge is 2.26. The molecule has 3 aromatic rings. The van der Waals surface area contributed by atoms with Gasteiger partial charge in [0.15, 0.2) is 5.16 Å². The maximum Gasteiger partial charge on any atom is 0.262 e. The van der Waals surface area contributed by atoms with Gasteiger partial charge in [0.2, 0.25) is 5.91 Å². The molecule has 0 spiro atoms. The Labute approximate surface area is 179 Å². The average molecular weight is 424 g/mol. The molecule has 0 aliphatic carbocycles. The maximum atomic E-state index is 13.3. The van der Waals surface area contributed by atoms with Crippen LogP contribution in [0.4, 0.5) is 0 Å². The number of thioether (sulfide) groups is 1. The van der Waals surface area contributed by atoms with Gasteiger partial charge in [-0.3, -0.25) is 14.2 Å². The molecule has 1 fully saturated rings. The van der Waals surface area contributed by atoms with Gasteiger partial charge in [0.05, 0.1) is 29.8 Å². The number of methoxy groups -OCH3 is 1. The molecule has 1 atom stereocenters. The third kappa shape index (κ3) is 4.21. The van der Waals surface area contributed by atoms with Gasteiger partial charge in [0.25, 0.3) is 5.56 Å². The summed E-state index contributed by atoms with van der Waals surface area (Å²) in [6.45, 7) is 3.90. The highest BCUT2D eigenvalue weighted by Crippen LogP contribution is 2.26. The third-order valence-corrected chi connectivity index (χ3v) is 6.45. The summed E-state index contributed by atoms with van der Waals surface area (Å²) in [5.74, 6) is 0.873. The number of amides is 1. The fraction of sp³-hybridized carbons (Fsp3) is 0.348. The second-order valence-electron chi connectivity index (χ2n) is 7.44. The minimum absolute atomic E-state index is 0.0975. The van der Waals surface area contributed by atoms with E-state index in [0.717, 1.165) is 37.2 Å². The monoisotopic (exact) mass is 423 g/mol. The van der Waals surface area contributed by atoms with Crippen molar-refractivity contribution in [2.45, 2.75) is 36.7 Å². The Hall–Kier alpha value is -2.80. The van der Waals surface area contributed by atoms with Crippen LogP contribution in [0.5, 0.6) is 5.75 Å². The molecule has 30 heavy (non-hydrogen) atoms. The van der Waals surface area contributed by atoms with E-state index in [0.29, 0.717) is 22.6 Å². The quantitative estimate of drug-likeness (QED) is 0.448. The van der Waals surface area contributed by atoms with Crippen LogP contribution in [0.3, 0.4) is 0 Å². The topological polar surface area (TPSA) is 64.4 Å². The minimum atomic E-state index is -0.307. The summed E-state index contributed by atoms with van der Waals surface area (Å²) < 4.78 is 6.89. The molecule has 7 heteroatoms. The Balaban J connectivity index is 1.70. The van der Waals surface area contributed by atoms with E-state index in [1.54, 1.807) is 17.7 Å².